The van der Waals surface area contributed by atoms with Gasteiger partial charge in [0.1, 0.15) is 0 Å². The number of carboxylic acid groups (broad SMARTS) is 1. The van der Waals surface area contributed by atoms with Gasteiger partial charge in [0.2, 0.25) is 5.65 Å². The highest BCUT2D eigenvalue weighted by atomic mass is 16.4. The lowest BCUT2D eigenvalue weighted by molar-refractivity contribution is 0.0697. The maximum absolute atomic E-state index is 11.2. The molecule has 8 heteroatoms. The number of benzene rings is 2. The smallest absolute Gasteiger partial charge is 0.335 e. The number of aryl methyl sites for hydroxylation is 2. The molecule has 124 valence electrons. The minimum absolute atomic E-state index is 0.195. The van der Waals surface area contributed by atoms with E-state index in [1.165, 1.54) is 0 Å². The molecule has 0 bridgehead atoms. The minimum atomic E-state index is -0.987. The first-order valence-electron chi connectivity index (χ1n) is 7.62. The number of hydrogen-bond donors (Lipinski definition) is 2. The second-order valence-electron chi connectivity index (χ2n) is 5.83. The predicted molar refractivity (Wildman–Crippen MR) is 92.2 cm³/mol. The highest BCUT2D eigenvalue weighted by molar-refractivity contribution is 5.90. The molecule has 8 nitrogen and oxygen atoms in total. The highest BCUT2D eigenvalue weighted by Gasteiger charge is 2.14. The summed E-state index contributed by atoms with van der Waals surface area (Å²) in [4.78, 5) is 15.8. The number of rotatable bonds is 3. The molecule has 2 aromatic heterocycles. The van der Waals surface area contributed by atoms with Crippen molar-refractivity contribution in [3.05, 3.63) is 53.1 Å². The number of aromatic carboxylic acids is 1. The summed E-state index contributed by atoms with van der Waals surface area (Å²) in [6.45, 7) is 3.88. The van der Waals surface area contributed by atoms with Gasteiger partial charge in [0.25, 0.3) is 0 Å². The second kappa shape index (κ2) is 5.52. The molecule has 0 spiro atoms. The SMILES string of the molecule is Cc1ccc2nc(Nc3cc(C(=O)O)ccc3C)c3nnnn3c2c1. The van der Waals surface area contributed by atoms with Crippen molar-refractivity contribution < 1.29 is 9.90 Å². The summed E-state index contributed by atoms with van der Waals surface area (Å²) in [5.74, 6) is -0.522. The summed E-state index contributed by atoms with van der Waals surface area (Å²) in [5, 5.41) is 24.2. The van der Waals surface area contributed by atoms with E-state index >= 15 is 0 Å². The second-order valence-corrected chi connectivity index (χ2v) is 5.83. The molecule has 0 radical (unpaired) electrons. The van der Waals surface area contributed by atoms with Gasteiger partial charge in [-0.3, -0.25) is 0 Å². The first-order valence-corrected chi connectivity index (χ1v) is 7.62. The number of hydrogen-bond acceptors (Lipinski definition) is 6. The van der Waals surface area contributed by atoms with Crippen LogP contribution < -0.4 is 5.32 Å². The Hall–Kier alpha value is -3.55. The number of aromatic nitrogens is 5. The fraction of sp³-hybridized carbons (Fsp3) is 0.118. The van der Waals surface area contributed by atoms with Crippen molar-refractivity contribution in [3.8, 4) is 0 Å². The Kier molecular flexibility index (Phi) is 3.31. The van der Waals surface area contributed by atoms with Crippen LogP contribution in [-0.4, -0.2) is 36.1 Å². The molecule has 0 aliphatic carbocycles. The van der Waals surface area contributed by atoms with E-state index in [1.807, 2.05) is 32.0 Å². The Labute approximate surface area is 142 Å². The largest absolute Gasteiger partial charge is 0.478 e. The Morgan fingerprint density at radius 3 is 2.80 bits per heavy atom. The minimum Gasteiger partial charge on any atom is -0.478 e. The monoisotopic (exact) mass is 334 g/mol. The third-order valence-electron chi connectivity index (χ3n) is 4.01. The molecule has 0 amide bonds. The molecule has 4 aromatic rings. The molecule has 25 heavy (non-hydrogen) atoms. The highest BCUT2D eigenvalue weighted by Crippen LogP contribution is 2.25. The average molecular weight is 334 g/mol. The van der Waals surface area contributed by atoms with Gasteiger partial charge in [0.05, 0.1) is 16.6 Å². The van der Waals surface area contributed by atoms with Gasteiger partial charge in [0.15, 0.2) is 5.82 Å². The molecule has 0 atom stereocenters. The van der Waals surface area contributed by atoms with Gasteiger partial charge in [-0.15, -0.1) is 5.10 Å². The van der Waals surface area contributed by atoms with Crippen LogP contribution in [0.1, 0.15) is 21.5 Å². The number of anilines is 2. The van der Waals surface area contributed by atoms with Gasteiger partial charge >= 0.3 is 5.97 Å². The maximum Gasteiger partial charge on any atom is 0.335 e. The van der Waals surface area contributed by atoms with E-state index in [9.17, 15) is 9.90 Å². The molecule has 0 aliphatic rings. The molecule has 0 unspecified atom stereocenters. The van der Waals surface area contributed by atoms with Crippen molar-refractivity contribution in [2.75, 3.05) is 5.32 Å². The van der Waals surface area contributed by atoms with Crippen molar-refractivity contribution in [2.24, 2.45) is 0 Å². The van der Waals surface area contributed by atoms with Crippen LogP contribution >= 0.6 is 0 Å². The summed E-state index contributed by atoms with van der Waals surface area (Å²) < 4.78 is 1.62. The molecule has 0 fully saturated rings. The van der Waals surface area contributed by atoms with Gasteiger partial charge in [-0.25, -0.2) is 9.78 Å². The number of nitrogens with zero attached hydrogens (tertiary/aromatic N) is 5. The lowest BCUT2D eigenvalue weighted by Crippen LogP contribution is -2.04. The number of carbonyl (C=O) groups is 1. The fourth-order valence-corrected chi connectivity index (χ4v) is 2.67. The normalized spacial score (nSPS) is 11.1. The van der Waals surface area contributed by atoms with Crippen molar-refractivity contribution in [1.29, 1.82) is 0 Å². The standard InChI is InChI=1S/C17H14N6O2/c1-9-3-6-12-14(7-9)23-16(20-21-22-23)15(18-12)19-13-8-11(17(24)25)5-4-10(13)2/h3-8H,1-2H3,(H,18,19)(H,24,25). The predicted octanol–water partition coefficient (Wildman–Crippen LogP) is 2.73. The van der Waals surface area contributed by atoms with Crippen LogP contribution in [0, 0.1) is 13.8 Å². The van der Waals surface area contributed by atoms with E-state index in [-0.39, 0.29) is 5.56 Å². The van der Waals surface area contributed by atoms with Crippen molar-refractivity contribution in [2.45, 2.75) is 13.8 Å². The third-order valence-corrected chi connectivity index (χ3v) is 4.01. The summed E-state index contributed by atoms with van der Waals surface area (Å²) >= 11 is 0. The van der Waals surface area contributed by atoms with Gasteiger partial charge in [-0.1, -0.05) is 12.1 Å². The molecule has 2 N–H and O–H groups in total. The van der Waals surface area contributed by atoms with Crippen LogP contribution in [0.2, 0.25) is 0 Å². The zero-order valence-electron chi connectivity index (χ0n) is 13.6. The van der Waals surface area contributed by atoms with Crippen LogP contribution in [0.3, 0.4) is 0 Å². The molecule has 4 rings (SSSR count). The number of tetrazole rings is 1. The zero-order chi connectivity index (χ0) is 17.6. The third kappa shape index (κ3) is 2.53. The molecule has 2 heterocycles. The Morgan fingerprint density at radius 1 is 1.16 bits per heavy atom. The molecule has 0 aliphatic heterocycles. The van der Waals surface area contributed by atoms with Crippen LogP contribution in [-0.2, 0) is 0 Å². The van der Waals surface area contributed by atoms with Gasteiger partial charge in [-0.2, -0.15) is 4.52 Å². The fourth-order valence-electron chi connectivity index (χ4n) is 2.67. The van der Waals surface area contributed by atoms with Crippen molar-refractivity contribution in [1.82, 2.24) is 25.0 Å². The molecule has 2 aromatic carbocycles. The van der Waals surface area contributed by atoms with Gasteiger partial charge in [0, 0.05) is 5.69 Å². The van der Waals surface area contributed by atoms with Crippen LogP contribution in [0.5, 0.6) is 0 Å². The Balaban J connectivity index is 1.89. The topological polar surface area (TPSA) is 105 Å². The van der Waals surface area contributed by atoms with Crippen LogP contribution in [0.25, 0.3) is 16.7 Å². The average Bonchev–Trinajstić information content (AvgIpc) is 3.07. The summed E-state index contributed by atoms with van der Waals surface area (Å²) in [7, 11) is 0. The molecule has 0 saturated heterocycles. The van der Waals surface area contributed by atoms with E-state index < -0.39 is 5.97 Å². The van der Waals surface area contributed by atoms with Crippen LogP contribution in [0.15, 0.2) is 36.4 Å². The summed E-state index contributed by atoms with van der Waals surface area (Å²) in [6.07, 6.45) is 0. The molecular weight excluding hydrogens is 320 g/mol. The summed E-state index contributed by atoms with van der Waals surface area (Å²) in [5.41, 5.74) is 4.82. The van der Waals surface area contributed by atoms with E-state index in [0.29, 0.717) is 17.2 Å². The van der Waals surface area contributed by atoms with Crippen LogP contribution in [0.4, 0.5) is 11.5 Å². The van der Waals surface area contributed by atoms with Gasteiger partial charge in [-0.05, 0) is 59.7 Å². The van der Waals surface area contributed by atoms with Crippen molar-refractivity contribution >= 4 is 34.2 Å². The summed E-state index contributed by atoms with van der Waals surface area (Å²) in [6, 6.07) is 10.7. The van der Waals surface area contributed by atoms with E-state index in [2.05, 4.69) is 25.8 Å². The maximum atomic E-state index is 11.2. The lowest BCUT2D eigenvalue weighted by atomic mass is 10.1. The van der Waals surface area contributed by atoms with E-state index in [0.717, 1.165) is 22.2 Å². The number of carboxylic acids is 1. The number of fused-ring (bicyclic) bond motifs is 3. The number of nitrogens with one attached hydrogen (secondary N) is 1. The van der Waals surface area contributed by atoms with E-state index in [4.69, 9.17) is 0 Å². The Bertz CT molecular complexity index is 1130. The first kappa shape index (κ1) is 15.0. The van der Waals surface area contributed by atoms with Crippen molar-refractivity contribution in [3.63, 3.8) is 0 Å². The molecule has 0 saturated carbocycles. The Morgan fingerprint density at radius 2 is 2.00 bits per heavy atom. The van der Waals surface area contributed by atoms with Gasteiger partial charge < -0.3 is 10.4 Å². The molecular formula is C17H14N6O2. The zero-order valence-corrected chi connectivity index (χ0v) is 13.6. The van der Waals surface area contributed by atoms with E-state index in [1.54, 1.807) is 22.7 Å². The quantitative estimate of drug-likeness (QED) is 0.593. The lowest BCUT2D eigenvalue weighted by Gasteiger charge is -2.11. The first-order chi connectivity index (χ1) is 12.0.